The molecule has 4 nitrogen and oxygen atoms in total. The maximum absolute atomic E-state index is 11.8. The summed E-state index contributed by atoms with van der Waals surface area (Å²) in [6.45, 7) is 8.33. The number of hydrogen-bond acceptors (Lipinski definition) is 3. The molecule has 2 heterocycles. The smallest absolute Gasteiger partial charge is 0.240 e. The van der Waals surface area contributed by atoms with Crippen LogP contribution in [0.1, 0.15) is 33.1 Å². The van der Waals surface area contributed by atoms with Gasteiger partial charge in [-0.3, -0.25) is 10.1 Å². The Morgan fingerprint density at radius 3 is 2.44 bits per heavy atom. The summed E-state index contributed by atoms with van der Waals surface area (Å²) >= 11 is 0. The highest BCUT2D eigenvalue weighted by Gasteiger charge is 2.33. The molecule has 0 radical (unpaired) electrons. The van der Waals surface area contributed by atoms with Crippen LogP contribution >= 0.6 is 0 Å². The van der Waals surface area contributed by atoms with Gasteiger partial charge in [0, 0.05) is 13.1 Å². The molecule has 16 heavy (non-hydrogen) atoms. The van der Waals surface area contributed by atoms with Crippen molar-refractivity contribution < 1.29 is 4.79 Å². The van der Waals surface area contributed by atoms with Crippen LogP contribution in [-0.2, 0) is 4.79 Å². The second-order valence-corrected chi connectivity index (χ2v) is 5.00. The minimum absolute atomic E-state index is 0.00337. The highest BCUT2D eigenvalue weighted by Crippen LogP contribution is 2.12. The van der Waals surface area contributed by atoms with Crippen LogP contribution in [-0.4, -0.2) is 54.1 Å². The monoisotopic (exact) mass is 225 g/mol. The van der Waals surface area contributed by atoms with E-state index in [0.717, 1.165) is 13.1 Å². The van der Waals surface area contributed by atoms with E-state index in [1.807, 2.05) is 11.8 Å². The molecule has 1 N–H and O–H groups in total. The molecule has 2 aliphatic rings. The van der Waals surface area contributed by atoms with Crippen LogP contribution in [0.25, 0.3) is 0 Å². The Hall–Kier alpha value is -0.610. The molecule has 2 saturated heterocycles. The van der Waals surface area contributed by atoms with Gasteiger partial charge >= 0.3 is 0 Å². The Balaban J connectivity index is 1.78. The normalized spacial score (nSPS) is 32.4. The van der Waals surface area contributed by atoms with Crippen molar-refractivity contribution in [1.29, 1.82) is 0 Å². The topological polar surface area (TPSA) is 35.6 Å². The molecule has 2 unspecified atom stereocenters. The number of carbonyl (C=O) groups excluding carboxylic acids is 1. The molecule has 2 aliphatic heterocycles. The maximum atomic E-state index is 11.8. The van der Waals surface area contributed by atoms with Gasteiger partial charge in [0.05, 0.1) is 12.2 Å². The Bertz CT molecular complexity index is 251. The number of nitrogens with one attached hydrogen (secondary N) is 1. The van der Waals surface area contributed by atoms with Crippen molar-refractivity contribution in [3.63, 3.8) is 0 Å². The molecule has 0 aromatic heterocycles. The van der Waals surface area contributed by atoms with Crippen LogP contribution < -0.4 is 5.32 Å². The van der Waals surface area contributed by atoms with Crippen LogP contribution in [0.5, 0.6) is 0 Å². The summed E-state index contributed by atoms with van der Waals surface area (Å²) in [6, 6.07) is -0.00337. The number of piperidine rings is 1. The molecule has 1 amide bonds. The van der Waals surface area contributed by atoms with Crippen molar-refractivity contribution in [1.82, 2.24) is 15.1 Å². The lowest BCUT2D eigenvalue weighted by Gasteiger charge is -2.29. The fourth-order valence-corrected chi connectivity index (χ4v) is 2.70. The highest BCUT2D eigenvalue weighted by atomic mass is 16.2. The molecule has 0 aromatic carbocycles. The minimum atomic E-state index is -0.00337. The van der Waals surface area contributed by atoms with E-state index in [-0.39, 0.29) is 18.1 Å². The van der Waals surface area contributed by atoms with E-state index < -0.39 is 0 Å². The fourth-order valence-electron chi connectivity index (χ4n) is 2.70. The van der Waals surface area contributed by atoms with E-state index in [1.165, 1.54) is 32.4 Å². The quantitative estimate of drug-likeness (QED) is 0.765. The van der Waals surface area contributed by atoms with E-state index in [2.05, 4.69) is 17.1 Å². The molecule has 4 heteroatoms. The first-order valence-electron chi connectivity index (χ1n) is 6.47. The average molecular weight is 225 g/mol. The summed E-state index contributed by atoms with van der Waals surface area (Å²) in [5, 5.41) is 3.26. The van der Waals surface area contributed by atoms with Crippen LogP contribution in [0.4, 0.5) is 0 Å². The lowest BCUT2D eigenvalue weighted by atomic mass is 10.1. The number of amides is 1. The molecule has 92 valence electrons. The van der Waals surface area contributed by atoms with Gasteiger partial charge in [-0.05, 0) is 39.8 Å². The molecule has 2 atom stereocenters. The summed E-state index contributed by atoms with van der Waals surface area (Å²) in [7, 11) is 0. The van der Waals surface area contributed by atoms with Crippen molar-refractivity contribution in [3.05, 3.63) is 0 Å². The SMILES string of the molecule is CC1NC(C)N(CCN2CCCCC2)C1=O. The first-order chi connectivity index (χ1) is 7.68. The fraction of sp³-hybridized carbons (Fsp3) is 0.917. The zero-order chi connectivity index (χ0) is 11.5. The van der Waals surface area contributed by atoms with Gasteiger partial charge in [0.25, 0.3) is 0 Å². The molecule has 0 bridgehead atoms. The summed E-state index contributed by atoms with van der Waals surface area (Å²) in [6.07, 6.45) is 4.21. The third-order valence-corrected chi connectivity index (χ3v) is 3.72. The van der Waals surface area contributed by atoms with Gasteiger partial charge in [-0.25, -0.2) is 0 Å². The molecule has 0 saturated carbocycles. The van der Waals surface area contributed by atoms with E-state index in [4.69, 9.17) is 0 Å². The van der Waals surface area contributed by atoms with Crippen molar-refractivity contribution in [2.24, 2.45) is 0 Å². The lowest BCUT2D eigenvalue weighted by Crippen LogP contribution is -2.42. The Labute approximate surface area is 98.0 Å². The molecule has 2 fully saturated rings. The molecular formula is C12H23N3O. The second-order valence-electron chi connectivity index (χ2n) is 5.00. The third-order valence-electron chi connectivity index (χ3n) is 3.72. The van der Waals surface area contributed by atoms with E-state index in [0.29, 0.717) is 0 Å². The van der Waals surface area contributed by atoms with Crippen molar-refractivity contribution in [3.8, 4) is 0 Å². The van der Waals surface area contributed by atoms with Crippen molar-refractivity contribution in [2.75, 3.05) is 26.2 Å². The maximum Gasteiger partial charge on any atom is 0.240 e. The van der Waals surface area contributed by atoms with Crippen molar-refractivity contribution in [2.45, 2.75) is 45.3 Å². The van der Waals surface area contributed by atoms with Gasteiger partial charge in [0.15, 0.2) is 0 Å². The van der Waals surface area contributed by atoms with Gasteiger partial charge in [0.1, 0.15) is 0 Å². The van der Waals surface area contributed by atoms with Crippen LogP contribution in [0.15, 0.2) is 0 Å². The van der Waals surface area contributed by atoms with Gasteiger partial charge < -0.3 is 9.80 Å². The molecule has 0 spiro atoms. The summed E-state index contributed by atoms with van der Waals surface area (Å²) in [5.41, 5.74) is 0. The van der Waals surface area contributed by atoms with Crippen LogP contribution in [0, 0.1) is 0 Å². The predicted molar refractivity (Wildman–Crippen MR) is 64.1 cm³/mol. The molecular weight excluding hydrogens is 202 g/mol. The largest absolute Gasteiger partial charge is 0.325 e. The second kappa shape index (κ2) is 5.15. The number of rotatable bonds is 3. The number of nitrogens with zero attached hydrogens (tertiary/aromatic N) is 2. The number of carbonyl (C=O) groups is 1. The molecule has 0 aromatic rings. The zero-order valence-electron chi connectivity index (χ0n) is 10.4. The van der Waals surface area contributed by atoms with Crippen LogP contribution in [0.2, 0.25) is 0 Å². The predicted octanol–water partition coefficient (Wildman–Crippen LogP) is 0.639. The summed E-state index contributed by atoms with van der Waals surface area (Å²) < 4.78 is 0. The average Bonchev–Trinajstić information content (AvgIpc) is 2.53. The minimum Gasteiger partial charge on any atom is -0.325 e. The van der Waals surface area contributed by atoms with E-state index in [1.54, 1.807) is 0 Å². The zero-order valence-corrected chi connectivity index (χ0v) is 10.4. The first-order valence-corrected chi connectivity index (χ1v) is 6.47. The highest BCUT2D eigenvalue weighted by molar-refractivity contribution is 5.83. The van der Waals surface area contributed by atoms with E-state index in [9.17, 15) is 4.79 Å². The lowest BCUT2D eigenvalue weighted by molar-refractivity contribution is -0.129. The Morgan fingerprint density at radius 2 is 1.88 bits per heavy atom. The van der Waals surface area contributed by atoms with Gasteiger partial charge in [0.2, 0.25) is 5.91 Å². The summed E-state index contributed by atoms with van der Waals surface area (Å²) in [4.78, 5) is 16.3. The number of hydrogen-bond donors (Lipinski definition) is 1. The van der Waals surface area contributed by atoms with Gasteiger partial charge in [-0.1, -0.05) is 6.42 Å². The molecule has 2 rings (SSSR count). The molecule has 0 aliphatic carbocycles. The van der Waals surface area contributed by atoms with Crippen LogP contribution in [0.3, 0.4) is 0 Å². The Morgan fingerprint density at radius 1 is 1.19 bits per heavy atom. The summed E-state index contributed by atoms with van der Waals surface area (Å²) in [5.74, 6) is 0.254. The Kier molecular flexibility index (Phi) is 3.82. The first kappa shape index (κ1) is 11.9. The number of likely N-dealkylation sites (tertiary alicyclic amines) is 1. The third kappa shape index (κ3) is 2.55. The van der Waals surface area contributed by atoms with Gasteiger partial charge in [-0.15, -0.1) is 0 Å². The standard InChI is InChI=1S/C12H23N3O/c1-10-12(16)15(11(2)13-10)9-8-14-6-4-3-5-7-14/h10-11,13H,3-9H2,1-2H3. The van der Waals surface area contributed by atoms with Crippen molar-refractivity contribution >= 4 is 5.91 Å². The van der Waals surface area contributed by atoms with Gasteiger partial charge in [-0.2, -0.15) is 0 Å². The van der Waals surface area contributed by atoms with E-state index >= 15 is 0 Å².